The van der Waals surface area contributed by atoms with Crippen molar-refractivity contribution in [2.24, 2.45) is 0 Å². The van der Waals surface area contributed by atoms with E-state index in [1.54, 1.807) is 24.5 Å². The number of nitrogens with zero attached hydrogens (tertiary/aromatic N) is 2. The Labute approximate surface area is 75.7 Å². The fourth-order valence-corrected chi connectivity index (χ4v) is 1.10. The molecule has 1 radical (unpaired) electrons. The van der Waals surface area contributed by atoms with Crippen LogP contribution in [-0.4, -0.2) is 15.1 Å². The molecule has 0 amide bonds. The minimum absolute atomic E-state index is 0.192. The molecule has 0 aliphatic carbocycles. The fraction of sp³-hybridized carbons (Fsp3) is 0. The van der Waals surface area contributed by atoms with Crippen molar-refractivity contribution < 1.29 is 5.11 Å². The van der Waals surface area contributed by atoms with Crippen LogP contribution in [0.3, 0.4) is 0 Å². The molecule has 0 fully saturated rings. The first-order valence-corrected chi connectivity index (χ1v) is 3.82. The molecule has 13 heavy (non-hydrogen) atoms. The van der Waals surface area contributed by atoms with Crippen molar-refractivity contribution in [1.82, 2.24) is 9.97 Å². The molecule has 1 aromatic heterocycles. The quantitative estimate of drug-likeness (QED) is 0.709. The maximum Gasteiger partial charge on any atom is 0.124 e. The molecule has 2 aromatic rings. The average molecular weight is 171 g/mol. The Hall–Kier alpha value is -1.90. The molecular weight excluding hydrogens is 164 g/mol. The van der Waals surface area contributed by atoms with Crippen LogP contribution in [0.2, 0.25) is 0 Å². The van der Waals surface area contributed by atoms with Gasteiger partial charge in [-0.3, -0.25) is 0 Å². The molecule has 0 aliphatic heterocycles. The predicted molar refractivity (Wildman–Crippen MR) is 48.0 cm³/mol. The summed E-state index contributed by atoms with van der Waals surface area (Å²) in [5.41, 5.74) is 1.52. The molecule has 1 N–H and O–H groups in total. The van der Waals surface area contributed by atoms with Crippen molar-refractivity contribution in [2.75, 3.05) is 0 Å². The Morgan fingerprint density at radius 1 is 1.23 bits per heavy atom. The molecule has 0 unspecified atom stereocenters. The van der Waals surface area contributed by atoms with Crippen molar-refractivity contribution in [3.05, 3.63) is 43.0 Å². The number of aromatic nitrogens is 2. The summed E-state index contributed by atoms with van der Waals surface area (Å²) in [4.78, 5) is 7.74. The molecule has 1 heterocycles. The third-order valence-corrected chi connectivity index (χ3v) is 1.71. The van der Waals surface area contributed by atoms with Gasteiger partial charge < -0.3 is 5.11 Å². The number of hydrogen-bond donors (Lipinski definition) is 1. The Morgan fingerprint density at radius 2 is 2.00 bits per heavy atom. The third-order valence-electron chi connectivity index (χ3n) is 1.71. The number of phenolic OH excluding ortho intramolecular Hbond substituents is 1. The summed E-state index contributed by atoms with van der Waals surface area (Å²) < 4.78 is 0. The molecule has 2 rings (SSSR count). The highest BCUT2D eigenvalue weighted by atomic mass is 16.3. The Kier molecular flexibility index (Phi) is 1.92. The van der Waals surface area contributed by atoms with Gasteiger partial charge in [0.05, 0.1) is 0 Å². The van der Waals surface area contributed by atoms with E-state index in [0.29, 0.717) is 0 Å². The fourth-order valence-electron chi connectivity index (χ4n) is 1.10. The first-order valence-electron chi connectivity index (χ1n) is 3.82. The molecular formula is C10H7N2O. The molecule has 0 aliphatic rings. The molecule has 3 nitrogen and oxygen atoms in total. The van der Waals surface area contributed by atoms with E-state index < -0.39 is 0 Å². The summed E-state index contributed by atoms with van der Waals surface area (Å²) in [6, 6.07) is 7.81. The summed E-state index contributed by atoms with van der Waals surface area (Å²) in [5, 5.41) is 9.48. The van der Waals surface area contributed by atoms with Gasteiger partial charge in [-0.1, -0.05) is 6.07 Å². The van der Waals surface area contributed by atoms with E-state index in [4.69, 9.17) is 0 Å². The Morgan fingerprint density at radius 3 is 2.69 bits per heavy atom. The van der Waals surface area contributed by atoms with Gasteiger partial charge in [-0.05, 0) is 18.2 Å². The normalized spacial score (nSPS) is 9.85. The van der Waals surface area contributed by atoms with Gasteiger partial charge in [-0.2, -0.15) is 0 Å². The van der Waals surface area contributed by atoms with Crippen LogP contribution in [-0.2, 0) is 0 Å². The lowest BCUT2D eigenvalue weighted by molar-refractivity contribution is 0.477. The number of aromatic hydroxyl groups is 1. The average Bonchev–Trinajstić information content (AvgIpc) is 2.20. The van der Waals surface area contributed by atoms with E-state index >= 15 is 0 Å². The third kappa shape index (κ3) is 1.49. The number of phenols is 1. The van der Waals surface area contributed by atoms with Crippen molar-refractivity contribution in [3.63, 3.8) is 0 Å². The summed E-state index contributed by atoms with van der Waals surface area (Å²) >= 11 is 0. The second kappa shape index (κ2) is 3.23. The zero-order valence-electron chi connectivity index (χ0n) is 6.81. The molecule has 0 saturated carbocycles. The Bertz CT molecular complexity index is 401. The Balaban J connectivity index is 2.54. The van der Waals surface area contributed by atoms with Crippen LogP contribution >= 0.6 is 0 Å². The first-order chi connectivity index (χ1) is 6.38. The molecule has 0 atom stereocenters. The van der Waals surface area contributed by atoms with Crippen LogP contribution in [0.5, 0.6) is 5.75 Å². The van der Waals surface area contributed by atoms with Crippen molar-refractivity contribution in [2.45, 2.75) is 0 Å². The second-order valence-corrected chi connectivity index (χ2v) is 2.57. The molecule has 1 aromatic carbocycles. The minimum Gasteiger partial charge on any atom is -0.507 e. The van der Waals surface area contributed by atoms with Crippen LogP contribution in [0.25, 0.3) is 11.1 Å². The molecule has 0 bridgehead atoms. The van der Waals surface area contributed by atoms with Crippen LogP contribution in [0.15, 0.2) is 36.9 Å². The number of rotatable bonds is 1. The van der Waals surface area contributed by atoms with Gasteiger partial charge in [0.25, 0.3) is 0 Å². The van der Waals surface area contributed by atoms with E-state index in [-0.39, 0.29) is 5.75 Å². The lowest BCUT2D eigenvalue weighted by atomic mass is 10.1. The maximum absolute atomic E-state index is 9.48. The van der Waals surface area contributed by atoms with Crippen molar-refractivity contribution in [1.29, 1.82) is 0 Å². The molecule has 63 valence electrons. The van der Waals surface area contributed by atoms with Gasteiger partial charge >= 0.3 is 0 Å². The van der Waals surface area contributed by atoms with E-state index in [2.05, 4.69) is 16.0 Å². The molecule has 3 heteroatoms. The zero-order chi connectivity index (χ0) is 9.10. The molecule has 0 spiro atoms. The van der Waals surface area contributed by atoms with Gasteiger partial charge in [0.15, 0.2) is 0 Å². The predicted octanol–water partition coefficient (Wildman–Crippen LogP) is 1.65. The van der Waals surface area contributed by atoms with Crippen molar-refractivity contribution in [3.8, 4) is 16.9 Å². The van der Waals surface area contributed by atoms with Gasteiger partial charge in [-0.15, -0.1) is 0 Å². The lowest BCUT2D eigenvalue weighted by Crippen LogP contribution is -1.82. The highest BCUT2D eigenvalue weighted by Gasteiger charge is 2.01. The summed E-state index contributed by atoms with van der Waals surface area (Å²) in [5.74, 6) is 0.192. The van der Waals surface area contributed by atoms with Crippen LogP contribution < -0.4 is 0 Å². The lowest BCUT2D eigenvalue weighted by Gasteiger charge is -2.01. The van der Waals surface area contributed by atoms with E-state index in [1.807, 2.05) is 0 Å². The number of benzene rings is 1. The van der Waals surface area contributed by atoms with E-state index in [1.165, 1.54) is 12.4 Å². The van der Waals surface area contributed by atoms with Gasteiger partial charge in [0.2, 0.25) is 0 Å². The van der Waals surface area contributed by atoms with Crippen molar-refractivity contribution >= 4 is 0 Å². The second-order valence-electron chi connectivity index (χ2n) is 2.57. The summed E-state index contributed by atoms with van der Waals surface area (Å²) in [7, 11) is 0. The number of hydrogen-bond acceptors (Lipinski definition) is 3. The molecule has 0 saturated heterocycles. The maximum atomic E-state index is 9.48. The standard InChI is InChI=1S/C10H7N2O/c13-10-4-2-1-3-9(10)8-5-11-7-12-6-8/h1,3-7,13H. The summed E-state index contributed by atoms with van der Waals surface area (Å²) in [6.45, 7) is 0. The highest BCUT2D eigenvalue weighted by Crippen LogP contribution is 2.26. The minimum atomic E-state index is 0.192. The largest absolute Gasteiger partial charge is 0.507 e. The van der Waals surface area contributed by atoms with Crippen LogP contribution in [0.4, 0.5) is 0 Å². The van der Waals surface area contributed by atoms with Gasteiger partial charge in [-0.25, -0.2) is 9.97 Å². The monoisotopic (exact) mass is 171 g/mol. The van der Waals surface area contributed by atoms with Crippen LogP contribution in [0, 0.1) is 6.07 Å². The topological polar surface area (TPSA) is 46.0 Å². The van der Waals surface area contributed by atoms with Crippen LogP contribution in [0.1, 0.15) is 0 Å². The van der Waals surface area contributed by atoms with E-state index in [0.717, 1.165) is 11.1 Å². The van der Waals surface area contributed by atoms with Gasteiger partial charge in [0, 0.05) is 23.5 Å². The summed E-state index contributed by atoms with van der Waals surface area (Å²) in [6.07, 6.45) is 4.76. The SMILES string of the molecule is Oc1c[c]ccc1-c1cncnc1. The highest BCUT2D eigenvalue weighted by molar-refractivity contribution is 5.68. The van der Waals surface area contributed by atoms with Gasteiger partial charge in [0.1, 0.15) is 12.1 Å². The van der Waals surface area contributed by atoms with E-state index in [9.17, 15) is 5.11 Å². The zero-order valence-corrected chi connectivity index (χ0v) is 6.81. The smallest absolute Gasteiger partial charge is 0.124 e. The first kappa shape index (κ1) is 7.73.